The maximum Gasteiger partial charge on any atom is 0.258 e. The predicted octanol–water partition coefficient (Wildman–Crippen LogP) is 7.23. The minimum atomic E-state index is -0.402. The van der Waals surface area contributed by atoms with E-state index in [9.17, 15) is 4.79 Å². The second-order valence-electron chi connectivity index (χ2n) is 11.4. The van der Waals surface area contributed by atoms with Gasteiger partial charge < -0.3 is 10.2 Å². The Balaban J connectivity index is 1.46. The Labute approximate surface area is 225 Å². The Hall–Kier alpha value is -3.99. The molecule has 0 saturated heterocycles. The Morgan fingerprint density at radius 3 is 2.37 bits per heavy atom. The summed E-state index contributed by atoms with van der Waals surface area (Å²) in [5.41, 5.74) is 6.65. The monoisotopic (exact) mass is 502 g/mol. The van der Waals surface area contributed by atoms with Crippen LogP contribution < -0.4 is 10.2 Å². The van der Waals surface area contributed by atoms with Gasteiger partial charge in [0.2, 0.25) is 5.95 Å². The maximum absolute atomic E-state index is 13.9. The van der Waals surface area contributed by atoms with E-state index in [4.69, 9.17) is 4.98 Å². The van der Waals surface area contributed by atoms with Crippen molar-refractivity contribution in [3.63, 3.8) is 0 Å². The first-order valence-corrected chi connectivity index (χ1v) is 13.6. The van der Waals surface area contributed by atoms with Crippen LogP contribution in [-0.2, 0) is 18.3 Å². The van der Waals surface area contributed by atoms with Crippen LogP contribution in [-0.4, -0.2) is 21.4 Å². The average molecular weight is 503 g/mol. The molecule has 1 atom stereocenters. The van der Waals surface area contributed by atoms with Crippen molar-refractivity contribution in [1.29, 1.82) is 0 Å². The summed E-state index contributed by atoms with van der Waals surface area (Å²) in [6.45, 7) is 6.64. The zero-order chi connectivity index (χ0) is 26.3. The van der Waals surface area contributed by atoms with Crippen molar-refractivity contribution >= 4 is 23.2 Å². The van der Waals surface area contributed by atoms with Crippen molar-refractivity contribution < 1.29 is 4.79 Å². The van der Waals surface area contributed by atoms with Crippen molar-refractivity contribution in [3.8, 4) is 0 Å². The van der Waals surface area contributed by atoms with Gasteiger partial charge in [-0.1, -0.05) is 55.5 Å². The molecule has 1 aromatic heterocycles. The highest BCUT2D eigenvalue weighted by Gasteiger charge is 2.48. The van der Waals surface area contributed by atoms with E-state index in [-0.39, 0.29) is 11.3 Å². The van der Waals surface area contributed by atoms with Crippen LogP contribution in [0.25, 0.3) is 0 Å². The fourth-order valence-corrected chi connectivity index (χ4v) is 6.44. The highest BCUT2D eigenvalue weighted by Crippen LogP contribution is 2.51. The molecule has 2 aliphatic rings. The van der Waals surface area contributed by atoms with Gasteiger partial charge in [0.1, 0.15) is 0 Å². The van der Waals surface area contributed by atoms with Gasteiger partial charge in [-0.3, -0.25) is 4.79 Å². The van der Waals surface area contributed by atoms with Crippen LogP contribution in [0.4, 0.5) is 17.3 Å². The molecule has 2 heterocycles. The second kappa shape index (κ2) is 9.39. The van der Waals surface area contributed by atoms with Crippen LogP contribution in [0.15, 0.2) is 85.1 Å². The first kappa shape index (κ1) is 24.4. The topological polar surface area (TPSA) is 58.1 Å². The van der Waals surface area contributed by atoms with Gasteiger partial charge in [0.05, 0.1) is 0 Å². The van der Waals surface area contributed by atoms with Crippen LogP contribution in [0.2, 0.25) is 0 Å². The van der Waals surface area contributed by atoms with E-state index in [2.05, 4.69) is 73.5 Å². The minimum absolute atomic E-state index is 0.0192. The molecule has 0 saturated carbocycles. The summed E-state index contributed by atoms with van der Waals surface area (Å²) in [5.74, 6) is 0.645. The average Bonchev–Trinajstić information content (AvgIpc) is 2.94. The van der Waals surface area contributed by atoms with Crippen molar-refractivity contribution in [2.45, 2.75) is 63.8 Å². The summed E-state index contributed by atoms with van der Waals surface area (Å²) >= 11 is 0. The van der Waals surface area contributed by atoms with Crippen molar-refractivity contribution in [2.75, 3.05) is 10.2 Å². The summed E-state index contributed by atoms with van der Waals surface area (Å²) in [4.78, 5) is 25.4. The van der Waals surface area contributed by atoms with Crippen LogP contribution in [0.1, 0.15) is 72.8 Å². The number of carbonyl (C=O) groups is 1. The van der Waals surface area contributed by atoms with Gasteiger partial charge in [0, 0.05) is 39.8 Å². The van der Waals surface area contributed by atoms with Crippen LogP contribution in [0.5, 0.6) is 0 Å². The SMILES string of the molecule is CC1(c2ccccc2)CC(C)(C)N(C(=O)c2ccccc2)c2ccc(Nc3ncc4c(n3)CCCC4)cc21. The molecular weight excluding hydrogens is 468 g/mol. The summed E-state index contributed by atoms with van der Waals surface area (Å²) in [5, 5.41) is 3.46. The summed E-state index contributed by atoms with van der Waals surface area (Å²) in [6, 6.07) is 26.5. The molecule has 0 fully saturated rings. The minimum Gasteiger partial charge on any atom is -0.324 e. The Kier molecular flexibility index (Phi) is 6.02. The van der Waals surface area contributed by atoms with E-state index in [1.165, 1.54) is 24.0 Å². The van der Waals surface area contributed by atoms with Gasteiger partial charge in [-0.15, -0.1) is 0 Å². The third-order valence-electron chi connectivity index (χ3n) is 8.18. The third-order valence-corrected chi connectivity index (χ3v) is 8.18. The number of hydrogen-bond donors (Lipinski definition) is 1. The second-order valence-corrected chi connectivity index (χ2v) is 11.4. The summed E-state index contributed by atoms with van der Waals surface area (Å²) in [7, 11) is 0. The number of nitrogens with zero attached hydrogens (tertiary/aromatic N) is 3. The number of carbonyl (C=O) groups excluding carboxylic acids is 1. The van der Waals surface area contributed by atoms with Gasteiger partial charge in [0.25, 0.3) is 5.91 Å². The van der Waals surface area contributed by atoms with Gasteiger partial charge in [-0.2, -0.15) is 0 Å². The fraction of sp³-hybridized carbons (Fsp3) is 0.303. The first-order valence-electron chi connectivity index (χ1n) is 13.6. The molecule has 6 rings (SSSR count). The van der Waals surface area contributed by atoms with E-state index in [0.29, 0.717) is 11.5 Å². The van der Waals surface area contributed by atoms with Crippen LogP contribution in [0.3, 0.4) is 0 Å². The van der Waals surface area contributed by atoms with Crippen LogP contribution in [0, 0.1) is 0 Å². The normalized spacial score (nSPS) is 19.8. The van der Waals surface area contributed by atoms with E-state index in [1.807, 2.05) is 47.5 Å². The lowest BCUT2D eigenvalue weighted by Crippen LogP contribution is -2.55. The molecule has 1 amide bonds. The molecule has 1 aliphatic carbocycles. The molecular formula is C33H34N4O. The molecule has 1 aliphatic heterocycles. The standard InChI is InChI=1S/C33H34N4O/c1-32(2)22-33(3,25-15-8-5-9-16-25)27-20-26(35-31-34-21-24-14-10-11-17-28(24)36-31)18-19-29(27)37(32)30(38)23-12-6-4-7-13-23/h4-9,12-13,15-16,18-21H,10-11,14,17,22H2,1-3H3,(H,34,35,36). The van der Waals surface area contributed by atoms with Crippen molar-refractivity contribution in [1.82, 2.24) is 9.97 Å². The van der Waals surface area contributed by atoms with E-state index in [0.717, 1.165) is 41.9 Å². The van der Waals surface area contributed by atoms with Crippen LogP contribution >= 0.6 is 0 Å². The summed E-state index contributed by atoms with van der Waals surface area (Å²) < 4.78 is 0. The van der Waals surface area contributed by atoms with Gasteiger partial charge in [-0.05, 0) is 93.0 Å². The maximum atomic E-state index is 13.9. The molecule has 1 N–H and O–H groups in total. The lowest BCUT2D eigenvalue weighted by molar-refractivity contribution is 0.0948. The fourth-order valence-electron chi connectivity index (χ4n) is 6.44. The zero-order valence-corrected chi connectivity index (χ0v) is 22.4. The number of aryl methyl sites for hydroxylation is 2. The Morgan fingerprint density at radius 1 is 0.895 bits per heavy atom. The lowest BCUT2D eigenvalue weighted by atomic mass is 9.65. The third kappa shape index (κ3) is 4.26. The van der Waals surface area contributed by atoms with E-state index >= 15 is 0 Å². The first-order chi connectivity index (χ1) is 18.3. The number of benzene rings is 3. The molecule has 0 bridgehead atoms. The Bertz CT molecular complexity index is 1480. The number of nitrogens with one attached hydrogen (secondary N) is 1. The van der Waals surface area contributed by atoms with Crippen molar-refractivity contribution in [2.24, 2.45) is 0 Å². The lowest BCUT2D eigenvalue weighted by Gasteiger charge is -2.51. The number of rotatable bonds is 4. The molecule has 38 heavy (non-hydrogen) atoms. The molecule has 5 nitrogen and oxygen atoms in total. The van der Waals surface area contributed by atoms with E-state index in [1.54, 1.807) is 0 Å². The molecule has 0 spiro atoms. The van der Waals surface area contributed by atoms with E-state index < -0.39 is 5.54 Å². The number of hydrogen-bond acceptors (Lipinski definition) is 4. The highest BCUT2D eigenvalue weighted by molar-refractivity contribution is 6.08. The van der Waals surface area contributed by atoms with Crippen molar-refractivity contribution in [3.05, 3.63) is 113 Å². The number of anilines is 3. The number of aromatic nitrogens is 2. The molecule has 1 unspecified atom stereocenters. The number of fused-ring (bicyclic) bond motifs is 2. The predicted molar refractivity (Wildman–Crippen MR) is 153 cm³/mol. The number of amides is 1. The van der Waals surface area contributed by atoms with Gasteiger partial charge in [-0.25, -0.2) is 9.97 Å². The largest absolute Gasteiger partial charge is 0.324 e. The highest BCUT2D eigenvalue weighted by atomic mass is 16.2. The van der Waals surface area contributed by atoms with Gasteiger partial charge >= 0.3 is 0 Å². The Morgan fingerprint density at radius 2 is 1.61 bits per heavy atom. The molecule has 5 heteroatoms. The molecule has 192 valence electrons. The van der Waals surface area contributed by atoms with Gasteiger partial charge in [0.15, 0.2) is 0 Å². The smallest absolute Gasteiger partial charge is 0.258 e. The zero-order valence-electron chi connectivity index (χ0n) is 22.4. The molecule has 0 radical (unpaired) electrons. The quantitative estimate of drug-likeness (QED) is 0.320. The molecule has 4 aromatic rings. The summed E-state index contributed by atoms with van der Waals surface area (Å²) in [6.07, 6.45) is 7.21. The molecule has 3 aromatic carbocycles.